The maximum Gasteiger partial charge on any atom is 0.274 e. The quantitative estimate of drug-likeness (QED) is 0.503. The summed E-state index contributed by atoms with van der Waals surface area (Å²) in [5, 5.41) is 6.31. The Bertz CT molecular complexity index is 1110. The molecule has 5 nitrogen and oxygen atoms in total. The van der Waals surface area contributed by atoms with Crippen molar-refractivity contribution in [2.75, 3.05) is 14.2 Å². The zero-order valence-corrected chi connectivity index (χ0v) is 18.3. The van der Waals surface area contributed by atoms with Crippen molar-refractivity contribution >= 4 is 27.5 Å². The Balaban J connectivity index is 1.77. The minimum absolute atomic E-state index is 0.185. The van der Waals surface area contributed by atoms with Gasteiger partial charge in [0.2, 0.25) is 0 Å². The van der Waals surface area contributed by atoms with Crippen molar-refractivity contribution in [3.05, 3.63) is 94.0 Å². The molecule has 1 amide bonds. The van der Waals surface area contributed by atoms with Gasteiger partial charge in [0.15, 0.2) is 0 Å². The summed E-state index contributed by atoms with van der Waals surface area (Å²) in [6.45, 7) is 0. The van der Waals surface area contributed by atoms with Gasteiger partial charge in [-0.05, 0) is 42.0 Å². The molecule has 0 aromatic heterocycles. The number of hydrazone groups is 1. The summed E-state index contributed by atoms with van der Waals surface area (Å²) < 4.78 is 11.8. The number of rotatable bonds is 5. The van der Waals surface area contributed by atoms with Crippen molar-refractivity contribution in [3.8, 4) is 11.5 Å². The zero-order chi connectivity index (χ0) is 21.1. The van der Waals surface area contributed by atoms with Crippen LogP contribution in [-0.2, 0) is 0 Å². The minimum atomic E-state index is -0.270. The van der Waals surface area contributed by atoms with E-state index in [0.717, 1.165) is 27.1 Å². The number of ether oxygens (including phenoxy) is 2. The first-order valence-corrected chi connectivity index (χ1v) is 10.3. The van der Waals surface area contributed by atoms with Gasteiger partial charge in [-0.1, -0.05) is 52.3 Å². The third-order valence-corrected chi connectivity index (χ3v) is 5.58. The van der Waals surface area contributed by atoms with Crippen LogP contribution in [0.1, 0.15) is 33.9 Å². The van der Waals surface area contributed by atoms with E-state index in [2.05, 4.69) is 15.9 Å². The van der Waals surface area contributed by atoms with Crippen LogP contribution in [0.2, 0.25) is 0 Å². The number of benzene rings is 3. The van der Waals surface area contributed by atoms with Crippen molar-refractivity contribution in [1.29, 1.82) is 0 Å². The van der Waals surface area contributed by atoms with Crippen molar-refractivity contribution in [3.63, 3.8) is 0 Å². The first kappa shape index (κ1) is 20.2. The molecule has 0 aliphatic carbocycles. The molecule has 0 saturated carbocycles. The average Bonchev–Trinajstić information content (AvgIpc) is 3.24. The molecule has 1 aliphatic heterocycles. The first-order valence-electron chi connectivity index (χ1n) is 9.54. The van der Waals surface area contributed by atoms with Crippen LogP contribution in [0.5, 0.6) is 11.5 Å². The van der Waals surface area contributed by atoms with Crippen LogP contribution >= 0.6 is 15.9 Å². The molecule has 0 unspecified atom stereocenters. The van der Waals surface area contributed by atoms with Crippen LogP contribution in [-0.4, -0.2) is 30.8 Å². The highest BCUT2D eigenvalue weighted by molar-refractivity contribution is 9.10. The lowest BCUT2D eigenvalue weighted by molar-refractivity contribution is 0.0709. The molecule has 0 radical (unpaired) electrons. The summed E-state index contributed by atoms with van der Waals surface area (Å²) in [5.41, 5.74) is 3.27. The molecule has 3 aromatic rings. The fraction of sp³-hybridized carbons (Fsp3) is 0.167. The van der Waals surface area contributed by atoms with Crippen LogP contribution in [0.4, 0.5) is 0 Å². The second kappa shape index (κ2) is 8.71. The highest BCUT2D eigenvalue weighted by Gasteiger charge is 2.35. The van der Waals surface area contributed by atoms with Crippen LogP contribution in [0.3, 0.4) is 0 Å². The van der Waals surface area contributed by atoms with E-state index in [-0.39, 0.29) is 11.9 Å². The number of methoxy groups -OCH3 is 2. The van der Waals surface area contributed by atoms with E-state index in [1.165, 1.54) is 0 Å². The Morgan fingerprint density at radius 2 is 1.80 bits per heavy atom. The average molecular weight is 465 g/mol. The van der Waals surface area contributed by atoms with Crippen LogP contribution < -0.4 is 9.47 Å². The molecule has 3 aromatic carbocycles. The molecular formula is C24H21BrN2O3. The van der Waals surface area contributed by atoms with E-state index in [1.54, 1.807) is 37.4 Å². The number of carbonyl (C=O) groups is 1. The lowest BCUT2D eigenvalue weighted by Gasteiger charge is -2.23. The molecule has 0 fully saturated rings. The fourth-order valence-corrected chi connectivity index (χ4v) is 4.01. The van der Waals surface area contributed by atoms with Gasteiger partial charge in [0.1, 0.15) is 11.5 Å². The Morgan fingerprint density at radius 3 is 2.57 bits per heavy atom. The van der Waals surface area contributed by atoms with Gasteiger partial charge in [-0.3, -0.25) is 4.79 Å². The molecule has 6 heteroatoms. The fourth-order valence-electron chi connectivity index (χ4n) is 3.61. The van der Waals surface area contributed by atoms with Gasteiger partial charge >= 0.3 is 0 Å². The van der Waals surface area contributed by atoms with E-state index < -0.39 is 0 Å². The number of nitrogens with zero attached hydrogens (tertiary/aromatic N) is 2. The maximum atomic E-state index is 13.5. The lowest BCUT2D eigenvalue weighted by Crippen LogP contribution is -2.27. The predicted molar refractivity (Wildman–Crippen MR) is 120 cm³/mol. The van der Waals surface area contributed by atoms with Crippen LogP contribution in [0.25, 0.3) is 0 Å². The molecule has 0 N–H and O–H groups in total. The SMILES string of the molecule is COc1cccc(C(=O)N2N=C(c3cccc(Br)c3)C[C@@H]2c2ccccc2OC)c1. The molecule has 152 valence electrons. The minimum Gasteiger partial charge on any atom is -0.497 e. The number of para-hydroxylation sites is 1. The monoisotopic (exact) mass is 464 g/mol. The number of halogens is 1. The van der Waals surface area contributed by atoms with E-state index in [1.807, 2.05) is 54.6 Å². The lowest BCUT2D eigenvalue weighted by atomic mass is 9.97. The molecule has 1 heterocycles. The van der Waals surface area contributed by atoms with Gasteiger partial charge in [0.05, 0.1) is 26.0 Å². The normalized spacial score (nSPS) is 15.6. The Labute approximate surface area is 184 Å². The van der Waals surface area contributed by atoms with Gasteiger partial charge < -0.3 is 9.47 Å². The van der Waals surface area contributed by atoms with E-state index in [4.69, 9.17) is 14.6 Å². The second-order valence-electron chi connectivity index (χ2n) is 6.90. The number of amides is 1. The number of hydrogen-bond acceptors (Lipinski definition) is 4. The van der Waals surface area contributed by atoms with Crippen molar-refractivity contribution in [2.45, 2.75) is 12.5 Å². The molecule has 0 spiro atoms. The summed E-state index contributed by atoms with van der Waals surface area (Å²) in [5.74, 6) is 1.18. The van der Waals surface area contributed by atoms with E-state index in [9.17, 15) is 4.79 Å². The van der Waals surface area contributed by atoms with Crippen LogP contribution in [0.15, 0.2) is 82.4 Å². The molecular weight excluding hydrogens is 444 g/mol. The summed E-state index contributed by atoms with van der Waals surface area (Å²) in [6, 6.07) is 22.6. The van der Waals surface area contributed by atoms with Crippen LogP contribution in [0, 0.1) is 0 Å². The summed E-state index contributed by atoms with van der Waals surface area (Å²) in [7, 11) is 3.22. The maximum absolute atomic E-state index is 13.5. The first-order chi connectivity index (χ1) is 14.6. The van der Waals surface area contributed by atoms with Gasteiger partial charge in [0, 0.05) is 22.0 Å². The molecule has 30 heavy (non-hydrogen) atoms. The Morgan fingerprint density at radius 1 is 1.00 bits per heavy atom. The Hall–Kier alpha value is -3.12. The highest BCUT2D eigenvalue weighted by atomic mass is 79.9. The van der Waals surface area contributed by atoms with Crippen molar-refractivity contribution in [2.24, 2.45) is 5.10 Å². The van der Waals surface area contributed by atoms with Gasteiger partial charge in [-0.2, -0.15) is 5.10 Å². The smallest absolute Gasteiger partial charge is 0.274 e. The largest absolute Gasteiger partial charge is 0.497 e. The van der Waals surface area contributed by atoms with Gasteiger partial charge in [-0.15, -0.1) is 0 Å². The number of hydrogen-bond donors (Lipinski definition) is 0. The molecule has 0 saturated heterocycles. The van der Waals surface area contributed by atoms with Crippen molar-refractivity contribution < 1.29 is 14.3 Å². The molecule has 0 bridgehead atoms. The standard InChI is InChI=1S/C24H21BrN2O3/c1-29-19-10-6-8-17(14-19)24(28)27-22(20-11-3-4-12-23(20)30-2)15-21(26-27)16-7-5-9-18(25)13-16/h3-14,22H,15H2,1-2H3/t22-/m1/s1. The summed E-state index contributed by atoms with van der Waals surface area (Å²) in [4.78, 5) is 13.5. The van der Waals surface area contributed by atoms with E-state index in [0.29, 0.717) is 17.7 Å². The zero-order valence-electron chi connectivity index (χ0n) is 16.7. The van der Waals surface area contributed by atoms with E-state index >= 15 is 0 Å². The molecule has 1 aliphatic rings. The van der Waals surface area contributed by atoms with Crippen molar-refractivity contribution in [1.82, 2.24) is 5.01 Å². The highest BCUT2D eigenvalue weighted by Crippen LogP contribution is 2.38. The molecule has 4 rings (SSSR count). The Kier molecular flexibility index (Phi) is 5.86. The topological polar surface area (TPSA) is 51.1 Å². The summed E-state index contributed by atoms with van der Waals surface area (Å²) >= 11 is 3.52. The number of carbonyl (C=O) groups excluding carboxylic acids is 1. The summed E-state index contributed by atoms with van der Waals surface area (Å²) in [6.07, 6.45) is 0.590. The third-order valence-electron chi connectivity index (χ3n) is 5.09. The predicted octanol–water partition coefficient (Wildman–Crippen LogP) is 5.46. The van der Waals surface area contributed by atoms with Gasteiger partial charge in [-0.25, -0.2) is 5.01 Å². The van der Waals surface area contributed by atoms with Gasteiger partial charge in [0.25, 0.3) is 5.91 Å². The third kappa shape index (κ3) is 3.96. The molecule has 1 atom stereocenters. The second-order valence-corrected chi connectivity index (χ2v) is 7.82.